The first kappa shape index (κ1) is 18.4. The van der Waals surface area contributed by atoms with Gasteiger partial charge in [-0.3, -0.25) is 9.59 Å². The average Bonchev–Trinajstić information content (AvgIpc) is 2.95. The molecule has 9 heteroatoms. The lowest BCUT2D eigenvalue weighted by atomic mass is 10.1. The number of sulfone groups is 1. The first-order valence-corrected chi connectivity index (χ1v) is 10.2. The molecule has 1 saturated heterocycles. The minimum atomic E-state index is -3.15. The number of anilines is 1. The highest BCUT2D eigenvalue weighted by Gasteiger charge is 2.37. The minimum absolute atomic E-state index is 0.0407. The molecule has 0 bridgehead atoms. The van der Waals surface area contributed by atoms with E-state index >= 15 is 0 Å². The van der Waals surface area contributed by atoms with Gasteiger partial charge in [-0.05, 0) is 31.0 Å². The molecule has 0 aromatic heterocycles. The molecule has 26 heavy (non-hydrogen) atoms. The van der Waals surface area contributed by atoms with Crippen LogP contribution in [0.3, 0.4) is 0 Å². The fourth-order valence-corrected chi connectivity index (χ4v) is 4.79. The van der Waals surface area contributed by atoms with Crippen LogP contribution in [0.1, 0.15) is 24.8 Å². The normalized spacial score (nSPS) is 22.1. The monoisotopic (exact) mass is 379 g/mol. The van der Waals surface area contributed by atoms with Gasteiger partial charge in [0, 0.05) is 12.8 Å². The molecule has 2 aliphatic rings. The van der Waals surface area contributed by atoms with E-state index in [2.05, 4.69) is 10.4 Å². The van der Waals surface area contributed by atoms with Gasteiger partial charge in [0.25, 0.3) is 5.91 Å². The van der Waals surface area contributed by atoms with Crippen molar-refractivity contribution in [3.05, 3.63) is 23.8 Å². The van der Waals surface area contributed by atoms with Gasteiger partial charge in [0.05, 0.1) is 30.3 Å². The molecular weight excluding hydrogens is 358 g/mol. The number of rotatable bonds is 4. The molecule has 0 radical (unpaired) electrons. The zero-order valence-corrected chi connectivity index (χ0v) is 15.5. The Labute approximate surface area is 152 Å². The van der Waals surface area contributed by atoms with E-state index < -0.39 is 21.8 Å². The van der Waals surface area contributed by atoms with E-state index in [4.69, 9.17) is 4.74 Å². The summed E-state index contributed by atoms with van der Waals surface area (Å²) in [4.78, 5) is 24.7. The zero-order valence-electron chi connectivity index (χ0n) is 14.7. The number of aryl methyl sites for hydroxylation is 1. The standard InChI is InChI=1S/C17H21N3O5S/c1-11-3-5-15(25-2)14(9-11)18-17(22)13-4-6-16(21)20(19-13)12-7-8-26(23,24)10-12/h3,5,9,12H,4,6-8,10H2,1-2H3,(H,18,22). The Kier molecular flexibility index (Phi) is 4.99. The molecule has 1 N–H and O–H groups in total. The number of nitrogens with one attached hydrogen (secondary N) is 1. The zero-order chi connectivity index (χ0) is 18.9. The third kappa shape index (κ3) is 3.87. The van der Waals surface area contributed by atoms with Crippen LogP contribution in [0.2, 0.25) is 0 Å². The number of carbonyl (C=O) groups is 2. The van der Waals surface area contributed by atoms with Crippen LogP contribution >= 0.6 is 0 Å². The molecule has 1 aromatic carbocycles. The fourth-order valence-electron chi connectivity index (χ4n) is 3.10. The van der Waals surface area contributed by atoms with Crippen LogP contribution in [-0.2, 0) is 19.4 Å². The summed E-state index contributed by atoms with van der Waals surface area (Å²) in [6, 6.07) is 4.91. The summed E-state index contributed by atoms with van der Waals surface area (Å²) in [5.74, 6) is -0.221. The van der Waals surface area contributed by atoms with E-state index in [1.807, 2.05) is 13.0 Å². The summed E-state index contributed by atoms with van der Waals surface area (Å²) in [6.45, 7) is 1.90. The number of amides is 2. The predicted octanol–water partition coefficient (Wildman–Crippen LogP) is 1.11. The molecule has 1 aromatic rings. The van der Waals surface area contributed by atoms with Crippen LogP contribution in [0.5, 0.6) is 5.75 Å². The molecule has 0 saturated carbocycles. The summed E-state index contributed by atoms with van der Waals surface area (Å²) < 4.78 is 28.6. The van der Waals surface area contributed by atoms with E-state index in [1.165, 1.54) is 12.1 Å². The van der Waals surface area contributed by atoms with Crippen LogP contribution < -0.4 is 10.1 Å². The third-order valence-electron chi connectivity index (χ3n) is 4.48. The van der Waals surface area contributed by atoms with Crippen molar-refractivity contribution < 1.29 is 22.7 Å². The van der Waals surface area contributed by atoms with Gasteiger partial charge in [-0.2, -0.15) is 5.10 Å². The number of carbonyl (C=O) groups excluding carboxylic acids is 2. The Morgan fingerprint density at radius 2 is 2.12 bits per heavy atom. The number of benzene rings is 1. The Hall–Kier alpha value is -2.42. The second-order valence-electron chi connectivity index (χ2n) is 6.50. The molecule has 0 spiro atoms. The van der Waals surface area contributed by atoms with Gasteiger partial charge < -0.3 is 10.1 Å². The van der Waals surface area contributed by atoms with Crippen molar-refractivity contribution in [2.45, 2.75) is 32.2 Å². The first-order valence-electron chi connectivity index (χ1n) is 8.35. The number of hydrogen-bond acceptors (Lipinski definition) is 6. The second-order valence-corrected chi connectivity index (χ2v) is 8.73. The lowest BCUT2D eigenvalue weighted by molar-refractivity contribution is -0.133. The van der Waals surface area contributed by atoms with Crippen LogP contribution in [0.25, 0.3) is 0 Å². The predicted molar refractivity (Wildman–Crippen MR) is 96.9 cm³/mol. The number of hydrogen-bond donors (Lipinski definition) is 1. The molecule has 3 rings (SSSR count). The highest BCUT2D eigenvalue weighted by atomic mass is 32.2. The molecular formula is C17H21N3O5S. The highest BCUT2D eigenvalue weighted by molar-refractivity contribution is 7.91. The van der Waals surface area contributed by atoms with Gasteiger partial charge in [0.2, 0.25) is 5.91 Å². The number of nitrogens with zero attached hydrogens (tertiary/aromatic N) is 2. The SMILES string of the molecule is COc1ccc(C)cc1NC(=O)C1=NN(C2CCS(=O)(=O)C2)C(=O)CC1. The maximum absolute atomic E-state index is 12.6. The smallest absolute Gasteiger partial charge is 0.271 e. The van der Waals surface area contributed by atoms with Crippen molar-refractivity contribution in [3.8, 4) is 5.75 Å². The molecule has 8 nitrogen and oxygen atoms in total. The summed E-state index contributed by atoms with van der Waals surface area (Å²) in [5.41, 5.74) is 1.68. The molecule has 1 atom stereocenters. The Bertz CT molecular complexity index is 878. The minimum Gasteiger partial charge on any atom is -0.495 e. The van der Waals surface area contributed by atoms with E-state index in [-0.39, 0.29) is 36.0 Å². The van der Waals surface area contributed by atoms with E-state index in [0.29, 0.717) is 17.9 Å². The molecule has 1 fully saturated rings. The van der Waals surface area contributed by atoms with E-state index in [9.17, 15) is 18.0 Å². The summed E-state index contributed by atoms with van der Waals surface area (Å²) >= 11 is 0. The molecule has 2 heterocycles. The second kappa shape index (κ2) is 7.06. The van der Waals surface area contributed by atoms with Gasteiger partial charge >= 0.3 is 0 Å². The van der Waals surface area contributed by atoms with Gasteiger partial charge in [0.15, 0.2) is 9.84 Å². The largest absolute Gasteiger partial charge is 0.495 e. The Balaban J connectivity index is 1.80. The quantitative estimate of drug-likeness (QED) is 0.844. The van der Waals surface area contributed by atoms with Gasteiger partial charge in [0.1, 0.15) is 11.5 Å². The van der Waals surface area contributed by atoms with Gasteiger partial charge in [-0.1, -0.05) is 6.07 Å². The van der Waals surface area contributed by atoms with Crippen molar-refractivity contribution in [1.29, 1.82) is 0 Å². The van der Waals surface area contributed by atoms with Crippen molar-refractivity contribution in [2.75, 3.05) is 23.9 Å². The fraction of sp³-hybridized carbons (Fsp3) is 0.471. The Morgan fingerprint density at radius 1 is 1.35 bits per heavy atom. The highest BCUT2D eigenvalue weighted by Crippen LogP contribution is 2.26. The summed E-state index contributed by atoms with van der Waals surface area (Å²) in [5, 5.41) is 8.11. The lowest BCUT2D eigenvalue weighted by Crippen LogP contribution is -2.42. The third-order valence-corrected chi connectivity index (χ3v) is 6.23. The van der Waals surface area contributed by atoms with Crippen LogP contribution in [0, 0.1) is 6.92 Å². The lowest BCUT2D eigenvalue weighted by Gasteiger charge is -2.27. The molecule has 2 aliphatic heterocycles. The van der Waals surface area contributed by atoms with Gasteiger partial charge in [-0.15, -0.1) is 0 Å². The van der Waals surface area contributed by atoms with E-state index in [0.717, 1.165) is 5.56 Å². The van der Waals surface area contributed by atoms with Crippen LogP contribution in [-0.4, -0.2) is 55.6 Å². The summed E-state index contributed by atoms with van der Waals surface area (Å²) in [7, 11) is -1.64. The average molecular weight is 379 g/mol. The molecule has 140 valence electrons. The van der Waals surface area contributed by atoms with Crippen molar-refractivity contribution >= 4 is 33.1 Å². The number of methoxy groups -OCH3 is 1. The Morgan fingerprint density at radius 3 is 2.77 bits per heavy atom. The van der Waals surface area contributed by atoms with E-state index in [1.54, 1.807) is 12.1 Å². The maximum atomic E-state index is 12.6. The molecule has 0 aliphatic carbocycles. The molecule has 2 amide bonds. The number of hydrazone groups is 1. The van der Waals surface area contributed by atoms with Crippen LogP contribution in [0.4, 0.5) is 5.69 Å². The molecule has 1 unspecified atom stereocenters. The van der Waals surface area contributed by atoms with Crippen molar-refractivity contribution in [2.24, 2.45) is 5.10 Å². The maximum Gasteiger partial charge on any atom is 0.271 e. The first-order chi connectivity index (χ1) is 12.3. The van der Waals surface area contributed by atoms with Crippen molar-refractivity contribution in [1.82, 2.24) is 5.01 Å². The van der Waals surface area contributed by atoms with Crippen LogP contribution in [0.15, 0.2) is 23.3 Å². The summed E-state index contributed by atoms with van der Waals surface area (Å²) in [6.07, 6.45) is 0.695. The van der Waals surface area contributed by atoms with Gasteiger partial charge in [-0.25, -0.2) is 13.4 Å². The van der Waals surface area contributed by atoms with Crippen molar-refractivity contribution in [3.63, 3.8) is 0 Å². The number of ether oxygens (including phenoxy) is 1. The topological polar surface area (TPSA) is 105 Å².